The van der Waals surface area contributed by atoms with Crippen LogP contribution in [-0.2, 0) is 9.53 Å². The Morgan fingerprint density at radius 3 is 2.62 bits per heavy atom. The van der Waals surface area contributed by atoms with Crippen molar-refractivity contribution in [2.75, 3.05) is 13.4 Å². The summed E-state index contributed by atoms with van der Waals surface area (Å²) in [4.78, 5) is 32.4. The number of fused-ring (bicyclic) bond motifs is 2. The van der Waals surface area contributed by atoms with Gasteiger partial charge in [0.15, 0.2) is 16.3 Å². The topological polar surface area (TPSA) is 84.1 Å². The number of ether oxygens (including phenoxy) is 3. The fraction of sp³-hybridized carbons (Fsp3) is 0.233. The zero-order valence-corrected chi connectivity index (χ0v) is 24.8. The quantitative estimate of drug-likeness (QED) is 0.303. The van der Waals surface area contributed by atoms with Gasteiger partial charge in [0, 0.05) is 21.5 Å². The van der Waals surface area contributed by atoms with Crippen molar-refractivity contribution >= 4 is 39.3 Å². The van der Waals surface area contributed by atoms with Gasteiger partial charge in [0.1, 0.15) is 0 Å². The molecule has 2 aliphatic heterocycles. The van der Waals surface area contributed by atoms with Gasteiger partial charge in [-0.05, 0) is 87.4 Å². The summed E-state index contributed by atoms with van der Waals surface area (Å²) in [6, 6.07) is 14.9. The van der Waals surface area contributed by atoms with E-state index in [0.29, 0.717) is 37.7 Å². The van der Waals surface area contributed by atoms with Gasteiger partial charge in [0.2, 0.25) is 6.79 Å². The zero-order chi connectivity index (χ0) is 28.1. The van der Waals surface area contributed by atoms with E-state index in [0.717, 1.165) is 27.1 Å². The lowest BCUT2D eigenvalue weighted by Gasteiger charge is -2.24. The molecule has 0 spiro atoms. The van der Waals surface area contributed by atoms with Gasteiger partial charge in [0.05, 0.1) is 28.5 Å². The van der Waals surface area contributed by atoms with Crippen LogP contribution in [0.15, 0.2) is 74.1 Å². The predicted molar refractivity (Wildman–Crippen MR) is 156 cm³/mol. The molecule has 0 fully saturated rings. The van der Waals surface area contributed by atoms with E-state index in [1.165, 1.54) is 11.3 Å². The van der Waals surface area contributed by atoms with E-state index in [2.05, 4.69) is 31.6 Å². The summed E-state index contributed by atoms with van der Waals surface area (Å²) in [7, 11) is 0. The van der Waals surface area contributed by atoms with Crippen LogP contribution >= 0.6 is 27.3 Å². The molecule has 0 bridgehead atoms. The Kier molecular flexibility index (Phi) is 6.75. The fourth-order valence-electron chi connectivity index (χ4n) is 5.25. The second-order valence-electron chi connectivity index (χ2n) is 9.55. The van der Waals surface area contributed by atoms with E-state index in [4.69, 9.17) is 14.2 Å². The third-order valence-corrected chi connectivity index (χ3v) is 8.58. The number of carbonyl (C=O) groups excluding carboxylic acids is 1. The summed E-state index contributed by atoms with van der Waals surface area (Å²) < 4.78 is 21.8. The average molecular weight is 621 g/mol. The Labute approximate surface area is 242 Å². The number of carbonyl (C=O) groups is 1. The molecule has 1 atom stereocenters. The van der Waals surface area contributed by atoms with Crippen LogP contribution < -0.4 is 24.4 Å². The number of benzene rings is 2. The number of rotatable bonds is 5. The summed E-state index contributed by atoms with van der Waals surface area (Å²) in [6.45, 7) is 7.94. The van der Waals surface area contributed by atoms with Gasteiger partial charge in [-0.3, -0.25) is 9.36 Å². The van der Waals surface area contributed by atoms with Crippen molar-refractivity contribution in [3.05, 3.63) is 106 Å². The molecular formula is C30H26BrN3O5S. The molecule has 2 aliphatic rings. The molecule has 1 unspecified atom stereocenters. The van der Waals surface area contributed by atoms with E-state index in [1.807, 2.05) is 56.3 Å². The molecule has 0 N–H and O–H groups in total. The van der Waals surface area contributed by atoms with Gasteiger partial charge in [-0.1, -0.05) is 33.3 Å². The Bertz CT molecular complexity index is 1880. The number of esters is 1. The summed E-state index contributed by atoms with van der Waals surface area (Å²) in [5, 5.41) is 0. The van der Waals surface area contributed by atoms with Crippen molar-refractivity contribution in [1.29, 1.82) is 0 Å². The molecule has 0 radical (unpaired) electrons. The summed E-state index contributed by atoms with van der Waals surface area (Å²) >= 11 is 4.80. The number of hydrogen-bond donors (Lipinski definition) is 0. The van der Waals surface area contributed by atoms with E-state index in [1.54, 1.807) is 24.5 Å². The molecule has 8 nitrogen and oxygen atoms in total. The third kappa shape index (κ3) is 4.41. The molecule has 4 heterocycles. The van der Waals surface area contributed by atoms with Crippen molar-refractivity contribution in [1.82, 2.24) is 9.13 Å². The standard InChI is InChI=1S/C30H26BrN3O5S/c1-5-37-29(36)26-17(3)32-30-34(27(26)19-6-11-23-24(13-19)39-15-38-23)28(35)25(40-30)14-20-12-16(2)33(18(20)4)22-9-7-21(31)8-10-22/h6-14,27H,5,15H2,1-4H3. The maximum Gasteiger partial charge on any atom is 0.338 e. The Balaban J connectivity index is 1.52. The molecule has 0 saturated carbocycles. The van der Waals surface area contributed by atoms with Gasteiger partial charge in [-0.2, -0.15) is 0 Å². The lowest BCUT2D eigenvalue weighted by atomic mass is 9.95. The van der Waals surface area contributed by atoms with Crippen LogP contribution in [0.1, 0.15) is 42.4 Å². The molecule has 10 heteroatoms. The summed E-state index contributed by atoms with van der Waals surface area (Å²) in [5.74, 6) is 0.687. The minimum absolute atomic E-state index is 0.125. The molecule has 4 aromatic rings. The van der Waals surface area contributed by atoms with Crippen LogP contribution in [0.2, 0.25) is 0 Å². The van der Waals surface area contributed by atoms with Crippen molar-refractivity contribution < 1.29 is 19.0 Å². The molecule has 2 aromatic heterocycles. The van der Waals surface area contributed by atoms with Crippen LogP contribution in [0.5, 0.6) is 11.5 Å². The molecule has 2 aromatic carbocycles. The van der Waals surface area contributed by atoms with Crippen LogP contribution in [0, 0.1) is 13.8 Å². The monoisotopic (exact) mass is 619 g/mol. The van der Waals surface area contributed by atoms with Gasteiger partial charge in [-0.15, -0.1) is 0 Å². The highest BCUT2D eigenvalue weighted by Gasteiger charge is 2.34. The van der Waals surface area contributed by atoms with E-state index in [-0.39, 0.29) is 19.0 Å². The minimum Gasteiger partial charge on any atom is -0.463 e. The summed E-state index contributed by atoms with van der Waals surface area (Å²) in [6.07, 6.45) is 1.90. The van der Waals surface area contributed by atoms with Gasteiger partial charge in [0.25, 0.3) is 5.56 Å². The minimum atomic E-state index is -0.720. The number of aryl methyl sites for hydroxylation is 1. The predicted octanol–water partition coefficient (Wildman–Crippen LogP) is 4.70. The van der Waals surface area contributed by atoms with Gasteiger partial charge >= 0.3 is 5.97 Å². The first-order valence-corrected chi connectivity index (χ1v) is 14.4. The van der Waals surface area contributed by atoms with E-state index >= 15 is 0 Å². The van der Waals surface area contributed by atoms with E-state index < -0.39 is 12.0 Å². The van der Waals surface area contributed by atoms with Gasteiger partial charge < -0.3 is 18.8 Å². The number of thiazole rings is 1. The maximum absolute atomic E-state index is 14.0. The lowest BCUT2D eigenvalue weighted by Crippen LogP contribution is -2.39. The Morgan fingerprint density at radius 1 is 1.12 bits per heavy atom. The molecule has 0 amide bonds. The highest BCUT2D eigenvalue weighted by molar-refractivity contribution is 9.10. The van der Waals surface area contributed by atoms with Crippen LogP contribution in [0.3, 0.4) is 0 Å². The first-order chi connectivity index (χ1) is 19.3. The highest BCUT2D eigenvalue weighted by Crippen LogP contribution is 2.38. The van der Waals surface area contributed by atoms with Crippen LogP contribution in [-0.4, -0.2) is 28.5 Å². The SMILES string of the molecule is CCOC(=O)C1=C(C)N=c2sc(=Cc3cc(C)n(-c4ccc(Br)cc4)c3C)c(=O)n2C1c1ccc2c(c1)OCO2. The lowest BCUT2D eigenvalue weighted by molar-refractivity contribution is -0.139. The normalized spacial score (nSPS) is 16.2. The Hall–Kier alpha value is -3.89. The van der Waals surface area contributed by atoms with Gasteiger partial charge in [-0.25, -0.2) is 9.79 Å². The molecule has 0 saturated heterocycles. The Morgan fingerprint density at radius 2 is 1.88 bits per heavy atom. The molecular weight excluding hydrogens is 594 g/mol. The largest absolute Gasteiger partial charge is 0.463 e. The smallest absolute Gasteiger partial charge is 0.338 e. The third-order valence-electron chi connectivity index (χ3n) is 7.07. The summed E-state index contributed by atoms with van der Waals surface area (Å²) in [5.41, 5.74) is 5.37. The van der Waals surface area contributed by atoms with Crippen LogP contribution in [0.4, 0.5) is 0 Å². The van der Waals surface area contributed by atoms with Crippen molar-refractivity contribution in [2.45, 2.75) is 33.7 Å². The second-order valence-corrected chi connectivity index (χ2v) is 11.5. The second kappa shape index (κ2) is 10.3. The van der Waals surface area contributed by atoms with Crippen molar-refractivity contribution in [3.63, 3.8) is 0 Å². The number of nitrogens with zero attached hydrogens (tertiary/aromatic N) is 3. The number of aromatic nitrogens is 2. The van der Waals surface area contributed by atoms with Crippen molar-refractivity contribution in [3.8, 4) is 17.2 Å². The average Bonchev–Trinajstić information content (AvgIpc) is 3.59. The zero-order valence-electron chi connectivity index (χ0n) is 22.4. The number of halogens is 1. The van der Waals surface area contributed by atoms with E-state index in [9.17, 15) is 9.59 Å². The van der Waals surface area contributed by atoms with Crippen LogP contribution in [0.25, 0.3) is 11.8 Å². The number of hydrogen-bond acceptors (Lipinski definition) is 7. The molecule has 40 heavy (non-hydrogen) atoms. The molecule has 6 rings (SSSR count). The molecule has 204 valence electrons. The maximum atomic E-state index is 14.0. The first kappa shape index (κ1) is 26.3. The molecule has 0 aliphatic carbocycles. The highest BCUT2D eigenvalue weighted by atomic mass is 79.9. The van der Waals surface area contributed by atoms with Crippen molar-refractivity contribution in [2.24, 2.45) is 4.99 Å². The number of allylic oxidation sites excluding steroid dienone is 1. The fourth-order valence-corrected chi connectivity index (χ4v) is 6.55. The first-order valence-electron chi connectivity index (χ1n) is 12.8.